The lowest BCUT2D eigenvalue weighted by molar-refractivity contribution is 1.10. The van der Waals surface area contributed by atoms with Gasteiger partial charge in [-0.2, -0.15) is 0 Å². The highest BCUT2D eigenvalue weighted by Crippen LogP contribution is 2.09. The topological polar surface area (TPSA) is 12.9 Å². The zero-order valence-electron chi connectivity index (χ0n) is 6.04. The van der Waals surface area contributed by atoms with Gasteiger partial charge in [0.25, 0.3) is 0 Å². The van der Waals surface area contributed by atoms with Gasteiger partial charge in [-0.25, -0.2) is 0 Å². The van der Waals surface area contributed by atoms with Crippen LogP contribution in [0.2, 0.25) is 0 Å². The molecular formula is C10H7N. The Hall–Kier alpha value is -1.55. The Morgan fingerprint density at radius 2 is 2.36 bits per heavy atom. The highest BCUT2D eigenvalue weighted by atomic mass is 14.7. The number of hydrogen-bond acceptors (Lipinski definition) is 1. The van der Waals surface area contributed by atoms with E-state index in [4.69, 9.17) is 0 Å². The minimum atomic E-state index is 0.861. The second-order valence-electron chi connectivity index (χ2n) is 2.38. The lowest BCUT2D eigenvalue weighted by atomic mass is 10.1. The van der Waals surface area contributed by atoms with E-state index < -0.39 is 0 Å². The minimum Gasteiger partial charge on any atom is -0.260 e. The first kappa shape index (κ1) is 6.18. The molecule has 1 heterocycles. The summed E-state index contributed by atoms with van der Waals surface area (Å²) in [5, 5.41) is 0. The molecule has 0 atom stereocenters. The standard InChI is InChI=1S/C10H7N/c1-2-5-9-6-4-8-11-10(9)7-3-1/h3-6,8H,7H2. The molecule has 0 N–H and O–H groups in total. The molecule has 0 unspecified atom stereocenters. The molecule has 1 aromatic heterocycles. The molecule has 0 aromatic carbocycles. The molecule has 0 aliphatic heterocycles. The zero-order valence-corrected chi connectivity index (χ0v) is 6.04. The normalized spacial score (nSPS) is 12.7. The van der Waals surface area contributed by atoms with Crippen molar-refractivity contribution in [3.8, 4) is 0 Å². The van der Waals surface area contributed by atoms with Crippen LogP contribution in [0.15, 0.2) is 35.9 Å². The van der Waals surface area contributed by atoms with Gasteiger partial charge in [0.05, 0.1) is 5.69 Å². The Labute approximate surface area is 65.4 Å². The van der Waals surface area contributed by atoms with Gasteiger partial charge in [0, 0.05) is 18.2 Å². The van der Waals surface area contributed by atoms with Crippen LogP contribution in [-0.4, -0.2) is 4.98 Å². The lowest BCUT2D eigenvalue weighted by Gasteiger charge is -1.97. The fourth-order valence-corrected chi connectivity index (χ4v) is 1.08. The number of aromatic nitrogens is 1. The molecule has 0 spiro atoms. The molecule has 0 saturated heterocycles. The van der Waals surface area contributed by atoms with Crippen molar-refractivity contribution in [2.24, 2.45) is 0 Å². The monoisotopic (exact) mass is 141 g/mol. The van der Waals surface area contributed by atoms with Crippen LogP contribution in [0.25, 0.3) is 6.08 Å². The number of hydrogen-bond donors (Lipinski definition) is 0. The SMILES string of the molecule is C1=C=Cc2cccnc2CC=1. The van der Waals surface area contributed by atoms with Crippen LogP contribution in [-0.2, 0) is 6.42 Å². The van der Waals surface area contributed by atoms with E-state index in [2.05, 4.69) is 16.4 Å². The van der Waals surface area contributed by atoms with Gasteiger partial charge in [0.1, 0.15) is 0 Å². The Morgan fingerprint density at radius 3 is 3.36 bits per heavy atom. The summed E-state index contributed by atoms with van der Waals surface area (Å²) in [6.07, 6.45) is 6.52. The van der Waals surface area contributed by atoms with Crippen molar-refractivity contribution in [1.82, 2.24) is 4.98 Å². The van der Waals surface area contributed by atoms with Crippen molar-refractivity contribution in [2.45, 2.75) is 6.42 Å². The van der Waals surface area contributed by atoms with E-state index >= 15 is 0 Å². The van der Waals surface area contributed by atoms with E-state index in [9.17, 15) is 0 Å². The molecule has 0 amide bonds. The van der Waals surface area contributed by atoms with E-state index in [-0.39, 0.29) is 0 Å². The van der Waals surface area contributed by atoms with Crippen molar-refractivity contribution in [3.63, 3.8) is 0 Å². The molecule has 1 aromatic rings. The molecule has 1 aliphatic rings. The van der Waals surface area contributed by atoms with Crippen molar-refractivity contribution in [2.75, 3.05) is 0 Å². The minimum absolute atomic E-state index is 0.861. The van der Waals surface area contributed by atoms with Crippen LogP contribution in [0.3, 0.4) is 0 Å². The summed E-state index contributed by atoms with van der Waals surface area (Å²) in [6.45, 7) is 0. The summed E-state index contributed by atoms with van der Waals surface area (Å²) in [4.78, 5) is 4.24. The predicted octanol–water partition coefficient (Wildman–Crippen LogP) is 1.96. The van der Waals surface area contributed by atoms with Crippen molar-refractivity contribution < 1.29 is 0 Å². The van der Waals surface area contributed by atoms with Crippen LogP contribution in [0.1, 0.15) is 11.3 Å². The first-order valence-corrected chi connectivity index (χ1v) is 3.56. The first-order valence-electron chi connectivity index (χ1n) is 3.56. The molecule has 0 fully saturated rings. The third-order valence-electron chi connectivity index (χ3n) is 1.63. The van der Waals surface area contributed by atoms with Crippen molar-refractivity contribution >= 4 is 6.08 Å². The largest absolute Gasteiger partial charge is 0.260 e. The Balaban J connectivity index is 2.63. The van der Waals surface area contributed by atoms with Gasteiger partial charge in [0.15, 0.2) is 0 Å². The predicted molar refractivity (Wildman–Crippen MR) is 44.0 cm³/mol. The molecular weight excluding hydrogens is 134 g/mol. The van der Waals surface area contributed by atoms with E-state index in [1.165, 1.54) is 0 Å². The second kappa shape index (κ2) is 2.59. The quantitative estimate of drug-likeness (QED) is 0.503. The third-order valence-corrected chi connectivity index (χ3v) is 1.63. The van der Waals surface area contributed by atoms with Gasteiger partial charge in [0.2, 0.25) is 0 Å². The van der Waals surface area contributed by atoms with Gasteiger partial charge in [-0.1, -0.05) is 17.5 Å². The van der Waals surface area contributed by atoms with Gasteiger partial charge in [-0.05, 0) is 18.2 Å². The molecule has 11 heavy (non-hydrogen) atoms. The summed E-state index contributed by atoms with van der Waals surface area (Å²) < 4.78 is 0. The summed E-state index contributed by atoms with van der Waals surface area (Å²) in [7, 11) is 0. The fraction of sp³-hybridized carbons (Fsp3) is 0.100. The number of pyridine rings is 1. The molecule has 0 radical (unpaired) electrons. The van der Waals surface area contributed by atoms with Crippen LogP contribution >= 0.6 is 0 Å². The first-order chi connectivity index (χ1) is 5.47. The molecule has 0 bridgehead atoms. The maximum absolute atomic E-state index is 4.24. The third kappa shape index (κ3) is 1.15. The lowest BCUT2D eigenvalue weighted by Crippen LogP contribution is -1.89. The zero-order chi connectivity index (χ0) is 7.52. The number of nitrogens with zero attached hydrogens (tertiary/aromatic N) is 1. The number of fused-ring (bicyclic) bond motifs is 1. The maximum atomic E-state index is 4.24. The van der Waals surface area contributed by atoms with Crippen LogP contribution in [0, 0.1) is 0 Å². The van der Waals surface area contributed by atoms with Crippen LogP contribution in [0.5, 0.6) is 0 Å². The summed E-state index contributed by atoms with van der Waals surface area (Å²) in [5.41, 5.74) is 8.11. The van der Waals surface area contributed by atoms with Gasteiger partial charge >= 0.3 is 0 Å². The Morgan fingerprint density at radius 1 is 1.36 bits per heavy atom. The highest BCUT2D eigenvalue weighted by molar-refractivity contribution is 5.52. The molecule has 0 saturated carbocycles. The average molecular weight is 141 g/mol. The van der Waals surface area contributed by atoms with Crippen LogP contribution < -0.4 is 0 Å². The highest BCUT2D eigenvalue weighted by Gasteiger charge is 1.97. The van der Waals surface area contributed by atoms with Gasteiger partial charge in [-0.15, -0.1) is 0 Å². The van der Waals surface area contributed by atoms with Crippen molar-refractivity contribution in [3.05, 3.63) is 47.1 Å². The summed E-state index contributed by atoms with van der Waals surface area (Å²) >= 11 is 0. The van der Waals surface area contributed by atoms with Crippen LogP contribution in [0.4, 0.5) is 0 Å². The maximum Gasteiger partial charge on any atom is 0.0526 e. The Bertz CT molecular complexity index is 364. The summed E-state index contributed by atoms with van der Waals surface area (Å²) in [5.74, 6) is 0. The van der Waals surface area contributed by atoms with Gasteiger partial charge in [-0.3, -0.25) is 4.98 Å². The second-order valence-corrected chi connectivity index (χ2v) is 2.38. The number of rotatable bonds is 0. The fourth-order valence-electron chi connectivity index (χ4n) is 1.08. The van der Waals surface area contributed by atoms with Gasteiger partial charge < -0.3 is 0 Å². The Kier molecular flexibility index (Phi) is 1.46. The average Bonchev–Trinajstić information content (AvgIpc) is 2.28. The van der Waals surface area contributed by atoms with E-state index in [0.717, 1.165) is 17.7 Å². The van der Waals surface area contributed by atoms with E-state index in [0.29, 0.717) is 0 Å². The number of allylic oxidation sites excluding steroid dienone is 1. The van der Waals surface area contributed by atoms with E-state index in [1.54, 1.807) is 0 Å². The smallest absolute Gasteiger partial charge is 0.0526 e. The van der Waals surface area contributed by atoms with Crippen molar-refractivity contribution in [1.29, 1.82) is 0 Å². The van der Waals surface area contributed by atoms with E-state index in [1.807, 2.05) is 30.5 Å². The molecule has 52 valence electrons. The molecule has 1 heteroatoms. The molecule has 1 nitrogen and oxygen atoms in total. The molecule has 1 aliphatic carbocycles. The summed E-state index contributed by atoms with van der Waals surface area (Å²) in [6, 6.07) is 3.97. The molecule has 2 rings (SSSR count).